The van der Waals surface area contributed by atoms with Crippen LogP contribution in [-0.4, -0.2) is 21.7 Å². The highest BCUT2D eigenvalue weighted by molar-refractivity contribution is 6.41. The number of aromatic nitrogens is 2. The van der Waals surface area contributed by atoms with E-state index in [0.29, 0.717) is 5.92 Å². The Morgan fingerprint density at radius 1 is 1.61 bits per heavy atom. The monoisotopic (exact) mass is 289 g/mol. The predicted octanol–water partition coefficient (Wildman–Crippen LogP) is 1.46. The first kappa shape index (κ1) is 13.4. The van der Waals surface area contributed by atoms with E-state index in [2.05, 4.69) is 10.4 Å². The summed E-state index contributed by atoms with van der Waals surface area (Å²) in [6, 6.07) is 0.135. The van der Waals surface area contributed by atoms with E-state index in [-0.39, 0.29) is 28.5 Å². The van der Waals surface area contributed by atoms with Crippen molar-refractivity contribution in [2.24, 2.45) is 5.92 Å². The molecule has 0 unspecified atom stereocenters. The molecule has 0 bridgehead atoms. The number of halogens is 2. The zero-order valence-corrected chi connectivity index (χ0v) is 11.3. The molecule has 0 saturated heterocycles. The fraction of sp³-hybridized carbons (Fsp3) is 0.545. The standard InChI is InChI=1S/C11H13Cl2N3O2/c1-6(7-2-3-7)15-9(17)5-16-11(18)10(13)8(12)4-14-16/h4,6-7H,2-3,5H2,1H3,(H,15,17)/t6-/m1/s1. The minimum Gasteiger partial charge on any atom is -0.352 e. The highest BCUT2D eigenvalue weighted by atomic mass is 35.5. The minimum atomic E-state index is -0.557. The van der Waals surface area contributed by atoms with Crippen LogP contribution in [-0.2, 0) is 11.3 Å². The number of hydrogen-bond acceptors (Lipinski definition) is 3. The fourth-order valence-electron chi connectivity index (χ4n) is 1.71. The van der Waals surface area contributed by atoms with E-state index < -0.39 is 5.56 Å². The average molecular weight is 290 g/mol. The molecule has 0 radical (unpaired) electrons. The van der Waals surface area contributed by atoms with Crippen molar-refractivity contribution in [1.29, 1.82) is 0 Å². The summed E-state index contributed by atoms with van der Waals surface area (Å²) in [4.78, 5) is 23.4. The van der Waals surface area contributed by atoms with Gasteiger partial charge in [0.15, 0.2) is 0 Å². The van der Waals surface area contributed by atoms with E-state index >= 15 is 0 Å². The van der Waals surface area contributed by atoms with Crippen molar-refractivity contribution in [3.63, 3.8) is 0 Å². The number of nitrogens with zero attached hydrogens (tertiary/aromatic N) is 2. The molecule has 1 amide bonds. The van der Waals surface area contributed by atoms with Crippen molar-refractivity contribution in [2.75, 3.05) is 0 Å². The van der Waals surface area contributed by atoms with Gasteiger partial charge in [0.05, 0.1) is 11.2 Å². The summed E-state index contributed by atoms with van der Waals surface area (Å²) in [6.07, 6.45) is 3.54. The molecule has 0 aromatic carbocycles. The Morgan fingerprint density at radius 2 is 2.28 bits per heavy atom. The lowest BCUT2D eigenvalue weighted by Crippen LogP contribution is -2.39. The molecule has 1 fully saturated rings. The second-order valence-corrected chi connectivity index (χ2v) is 5.25. The van der Waals surface area contributed by atoms with E-state index in [9.17, 15) is 9.59 Å². The van der Waals surface area contributed by atoms with Crippen molar-refractivity contribution in [2.45, 2.75) is 32.4 Å². The average Bonchev–Trinajstić information content (AvgIpc) is 3.14. The lowest BCUT2D eigenvalue weighted by Gasteiger charge is -2.13. The third-order valence-corrected chi connectivity index (χ3v) is 3.70. The summed E-state index contributed by atoms with van der Waals surface area (Å²) in [6.45, 7) is 1.81. The third-order valence-electron chi connectivity index (χ3n) is 2.95. The van der Waals surface area contributed by atoms with Crippen LogP contribution in [0.1, 0.15) is 19.8 Å². The molecule has 1 aromatic rings. The predicted molar refractivity (Wildman–Crippen MR) is 68.8 cm³/mol. The first-order valence-electron chi connectivity index (χ1n) is 5.69. The zero-order valence-electron chi connectivity index (χ0n) is 9.82. The molecule has 1 saturated carbocycles. The zero-order chi connectivity index (χ0) is 13.3. The van der Waals surface area contributed by atoms with Crippen molar-refractivity contribution in [3.8, 4) is 0 Å². The minimum absolute atomic E-state index is 0.0877. The molecule has 1 aromatic heterocycles. The van der Waals surface area contributed by atoms with Crippen LogP contribution < -0.4 is 10.9 Å². The van der Waals surface area contributed by atoms with Crippen molar-refractivity contribution in [1.82, 2.24) is 15.1 Å². The molecule has 1 heterocycles. The smallest absolute Gasteiger partial charge is 0.287 e. The highest BCUT2D eigenvalue weighted by Crippen LogP contribution is 2.32. The quantitative estimate of drug-likeness (QED) is 0.913. The van der Waals surface area contributed by atoms with Gasteiger partial charge in [0.2, 0.25) is 5.91 Å². The number of amides is 1. The summed E-state index contributed by atoms with van der Waals surface area (Å²) in [5.41, 5.74) is -0.557. The van der Waals surface area contributed by atoms with Crippen LogP contribution in [0.4, 0.5) is 0 Å². The molecule has 1 aliphatic carbocycles. The molecule has 1 aliphatic rings. The van der Waals surface area contributed by atoms with Gasteiger partial charge in [0.1, 0.15) is 11.6 Å². The Labute approximate surface area is 114 Å². The van der Waals surface area contributed by atoms with Gasteiger partial charge in [-0.05, 0) is 25.7 Å². The van der Waals surface area contributed by atoms with Gasteiger partial charge in [0, 0.05) is 6.04 Å². The second-order valence-electron chi connectivity index (χ2n) is 4.46. The number of hydrogen-bond donors (Lipinski definition) is 1. The molecule has 98 valence electrons. The Kier molecular flexibility index (Phi) is 3.92. The topological polar surface area (TPSA) is 64.0 Å². The van der Waals surface area contributed by atoms with Crippen LogP contribution >= 0.6 is 23.2 Å². The molecule has 1 N–H and O–H groups in total. The first-order valence-corrected chi connectivity index (χ1v) is 6.45. The van der Waals surface area contributed by atoms with Crippen LogP contribution in [0.5, 0.6) is 0 Å². The molecule has 1 atom stereocenters. The van der Waals surface area contributed by atoms with Gasteiger partial charge < -0.3 is 5.32 Å². The number of carbonyl (C=O) groups is 1. The normalized spacial score (nSPS) is 16.4. The van der Waals surface area contributed by atoms with Crippen LogP contribution in [0, 0.1) is 5.92 Å². The molecular weight excluding hydrogens is 277 g/mol. The first-order chi connectivity index (χ1) is 8.49. The van der Waals surface area contributed by atoms with Gasteiger partial charge in [-0.1, -0.05) is 23.2 Å². The van der Waals surface area contributed by atoms with Crippen LogP contribution in [0.2, 0.25) is 10.0 Å². The van der Waals surface area contributed by atoms with Gasteiger partial charge in [-0.15, -0.1) is 0 Å². The Balaban J connectivity index is 2.02. The van der Waals surface area contributed by atoms with Crippen molar-refractivity contribution >= 4 is 29.1 Å². The summed E-state index contributed by atoms with van der Waals surface area (Å²) in [7, 11) is 0. The van der Waals surface area contributed by atoms with Gasteiger partial charge in [-0.2, -0.15) is 5.10 Å². The van der Waals surface area contributed by atoms with Gasteiger partial charge in [0.25, 0.3) is 5.56 Å². The fourth-order valence-corrected chi connectivity index (χ4v) is 1.98. The van der Waals surface area contributed by atoms with Gasteiger partial charge in [-0.25, -0.2) is 4.68 Å². The van der Waals surface area contributed by atoms with E-state index in [1.807, 2.05) is 6.92 Å². The summed E-state index contributed by atoms with van der Waals surface area (Å²) in [5, 5.41) is 6.58. The second kappa shape index (κ2) is 5.28. The molecule has 0 spiro atoms. The van der Waals surface area contributed by atoms with E-state index in [1.54, 1.807) is 0 Å². The van der Waals surface area contributed by atoms with Gasteiger partial charge in [-0.3, -0.25) is 9.59 Å². The summed E-state index contributed by atoms with van der Waals surface area (Å²) < 4.78 is 1.00. The van der Waals surface area contributed by atoms with Crippen LogP contribution in [0.25, 0.3) is 0 Å². The number of nitrogens with one attached hydrogen (secondary N) is 1. The largest absolute Gasteiger partial charge is 0.352 e. The molecule has 2 rings (SSSR count). The maximum absolute atomic E-state index is 11.7. The lowest BCUT2D eigenvalue weighted by atomic mass is 10.2. The SMILES string of the molecule is C[C@@H](NC(=O)Cn1ncc(Cl)c(Cl)c1=O)C1CC1. The maximum Gasteiger partial charge on any atom is 0.287 e. The Morgan fingerprint density at radius 3 is 2.89 bits per heavy atom. The summed E-state index contributed by atoms with van der Waals surface area (Å²) in [5.74, 6) is 0.315. The molecule has 7 heteroatoms. The molecular formula is C11H13Cl2N3O2. The lowest BCUT2D eigenvalue weighted by molar-refractivity contribution is -0.122. The third kappa shape index (κ3) is 3.03. The van der Waals surface area contributed by atoms with Crippen molar-refractivity contribution < 1.29 is 4.79 Å². The van der Waals surface area contributed by atoms with Crippen LogP contribution in [0.15, 0.2) is 11.0 Å². The van der Waals surface area contributed by atoms with E-state index in [0.717, 1.165) is 17.5 Å². The van der Waals surface area contributed by atoms with Gasteiger partial charge >= 0.3 is 0 Å². The maximum atomic E-state index is 11.7. The summed E-state index contributed by atoms with van der Waals surface area (Å²) >= 11 is 11.3. The molecule has 5 nitrogen and oxygen atoms in total. The van der Waals surface area contributed by atoms with E-state index in [1.165, 1.54) is 6.20 Å². The Hall–Kier alpha value is -1.07. The van der Waals surface area contributed by atoms with Crippen LogP contribution in [0.3, 0.4) is 0 Å². The highest BCUT2D eigenvalue weighted by Gasteiger charge is 2.28. The van der Waals surface area contributed by atoms with Crippen molar-refractivity contribution in [3.05, 3.63) is 26.6 Å². The number of carbonyl (C=O) groups excluding carboxylic acids is 1. The molecule has 0 aliphatic heterocycles. The Bertz CT molecular complexity index is 526. The van der Waals surface area contributed by atoms with E-state index in [4.69, 9.17) is 23.2 Å². The number of rotatable bonds is 4. The molecule has 18 heavy (non-hydrogen) atoms.